The van der Waals surface area contributed by atoms with Crippen LogP contribution in [0.3, 0.4) is 0 Å². The molecule has 0 N–H and O–H groups in total. The van der Waals surface area contributed by atoms with Crippen molar-refractivity contribution in [3.8, 4) is 11.5 Å². The molecule has 0 atom stereocenters. The predicted octanol–water partition coefficient (Wildman–Crippen LogP) is 3.29. The predicted molar refractivity (Wildman–Crippen MR) is 61.8 cm³/mol. The highest BCUT2D eigenvalue weighted by Gasteiger charge is 2.11. The van der Waals surface area contributed by atoms with Crippen molar-refractivity contribution in [2.75, 3.05) is 6.79 Å². The molecule has 1 aliphatic heterocycles. The number of allylic oxidation sites excluding steroid dienone is 1. The third-order valence-corrected chi connectivity index (χ3v) is 1.76. The van der Waals surface area contributed by atoms with Crippen molar-refractivity contribution < 1.29 is 9.47 Å². The molecule has 0 fully saturated rings. The summed E-state index contributed by atoms with van der Waals surface area (Å²) in [4.78, 5) is 0. The van der Waals surface area contributed by atoms with E-state index in [1.165, 1.54) is 0 Å². The van der Waals surface area contributed by atoms with Crippen LogP contribution in [0.2, 0.25) is 0 Å². The van der Waals surface area contributed by atoms with Gasteiger partial charge < -0.3 is 9.47 Å². The molecule has 0 unspecified atom stereocenters. The van der Waals surface area contributed by atoms with Crippen LogP contribution in [0.4, 0.5) is 0 Å². The average Bonchev–Trinajstić information content (AvgIpc) is 2.51. The largest absolute Gasteiger partial charge is 0.454 e. The van der Waals surface area contributed by atoms with E-state index in [2.05, 4.69) is 0 Å². The Morgan fingerprint density at radius 2 is 1.86 bits per heavy atom. The van der Waals surface area contributed by atoms with Crippen LogP contribution in [-0.2, 0) is 0 Å². The van der Waals surface area contributed by atoms with E-state index in [1.54, 1.807) is 0 Å². The van der Waals surface area contributed by atoms with E-state index in [1.807, 2.05) is 37.3 Å². The minimum absolute atomic E-state index is 0. The Hall–Kier alpha value is -0.860. The van der Waals surface area contributed by atoms with E-state index in [0.29, 0.717) is 6.79 Å². The zero-order valence-corrected chi connectivity index (χ0v) is 9.36. The molecule has 2 rings (SSSR count). The van der Waals surface area contributed by atoms with E-state index < -0.39 is 0 Å². The first-order chi connectivity index (χ1) is 5.90. The lowest BCUT2D eigenvalue weighted by atomic mass is 10.2. The van der Waals surface area contributed by atoms with E-state index >= 15 is 0 Å². The number of rotatable bonds is 1. The van der Waals surface area contributed by atoms with Crippen LogP contribution in [0.15, 0.2) is 24.3 Å². The van der Waals surface area contributed by atoms with Gasteiger partial charge in [-0.1, -0.05) is 18.2 Å². The highest BCUT2D eigenvalue weighted by atomic mass is 35.5. The first-order valence-corrected chi connectivity index (χ1v) is 3.92. The number of benzene rings is 1. The molecule has 78 valence electrons. The SMILES string of the molecule is CC=Cc1ccc2c(c1)OCO2.Cl.Cl. The van der Waals surface area contributed by atoms with Crippen molar-refractivity contribution >= 4 is 30.9 Å². The topological polar surface area (TPSA) is 18.5 Å². The number of fused-ring (bicyclic) bond motifs is 1. The maximum Gasteiger partial charge on any atom is 0.231 e. The molecule has 0 radical (unpaired) electrons. The summed E-state index contributed by atoms with van der Waals surface area (Å²) in [7, 11) is 0. The Bertz CT molecular complexity index is 324. The minimum Gasteiger partial charge on any atom is -0.454 e. The normalized spacial score (nSPS) is 12.1. The Labute approximate surface area is 95.7 Å². The summed E-state index contributed by atoms with van der Waals surface area (Å²) in [5.41, 5.74) is 1.14. The second-order valence-corrected chi connectivity index (χ2v) is 2.61. The van der Waals surface area contributed by atoms with E-state index in [4.69, 9.17) is 9.47 Å². The minimum atomic E-state index is 0. The Morgan fingerprint density at radius 3 is 2.57 bits per heavy atom. The van der Waals surface area contributed by atoms with Gasteiger partial charge in [0.15, 0.2) is 11.5 Å². The van der Waals surface area contributed by atoms with Crippen LogP contribution in [0, 0.1) is 0 Å². The van der Waals surface area contributed by atoms with Gasteiger partial charge in [-0.3, -0.25) is 0 Å². The fraction of sp³-hybridized carbons (Fsp3) is 0.200. The van der Waals surface area contributed by atoms with Crippen molar-refractivity contribution in [1.82, 2.24) is 0 Å². The lowest BCUT2D eigenvalue weighted by Gasteiger charge is -1.96. The van der Waals surface area contributed by atoms with Gasteiger partial charge in [0.1, 0.15) is 0 Å². The zero-order chi connectivity index (χ0) is 8.39. The maximum absolute atomic E-state index is 5.23. The Kier molecular flexibility index (Phi) is 5.43. The molecule has 0 aromatic heterocycles. The van der Waals surface area contributed by atoms with Crippen LogP contribution in [0.25, 0.3) is 6.08 Å². The van der Waals surface area contributed by atoms with Crippen molar-refractivity contribution in [3.63, 3.8) is 0 Å². The van der Waals surface area contributed by atoms with Crippen LogP contribution < -0.4 is 9.47 Å². The summed E-state index contributed by atoms with van der Waals surface area (Å²) >= 11 is 0. The summed E-state index contributed by atoms with van der Waals surface area (Å²) in [6.07, 6.45) is 4.03. The van der Waals surface area contributed by atoms with E-state index in [0.717, 1.165) is 17.1 Å². The van der Waals surface area contributed by atoms with Crippen molar-refractivity contribution in [3.05, 3.63) is 29.8 Å². The molecule has 2 nitrogen and oxygen atoms in total. The molecule has 1 heterocycles. The molecule has 1 aromatic carbocycles. The zero-order valence-electron chi connectivity index (χ0n) is 7.73. The first-order valence-electron chi connectivity index (χ1n) is 3.92. The van der Waals surface area contributed by atoms with Crippen LogP contribution in [0.5, 0.6) is 11.5 Å². The lowest BCUT2D eigenvalue weighted by Crippen LogP contribution is -1.92. The first kappa shape index (κ1) is 13.1. The summed E-state index contributed by atoms with van der Waals surface area (Å²) in [5, 5.41) is 0. The molecule has 14 heavy (non-hydrogen) atoms. The highest BCUT2D eigenvalue weighted by Crippen LogP contribution is 2.32. The smallest absolute Gasteiger partial charge is 0.231 e. The number of halogens is 2. The third kappa shape index (κ3) is 2.56. The molecule has 1 aromatic rings. The molecule has 0 spiro atoms. The van der Waals surface area contributed by atoms with Crippen molar-refractivity contribution in [2.45, 2.75) is 6.92 Å². The number of hydrogen-bond donors (Lipinski definition) is 0. The van der Waals surface area contributed by atoms with E-state index in [9.17, 15) is 0 Å². The fourth-order valence-corrected chi connectivity index (χ4v) is 1.21. The molecule has 0 aliphatic carbocycles. The fourth-order valence-electron chi connectivity index (χ4n) is 1.21. The third-order valence-electron chi connectivity index (χ3n) is 1.76. The molecule has 0 saturated heterocycles. The monoisotopic (exact) mass is 234 g/mol. The van der Waals surface area contributed by atoms with Crippen LogP contribution in [0.1, 0.15) is 12.5 Å². The maximum atomic E-state index is 5.23. The highest BCUT2D eigenvalue weighted by molar-refractivity contribution is 5.85. The van der Waals surface area contributed by atoms with Gasteiger partial charge >= 0.3 is 0 Å². The van der Waals surface area contributed by atoms with Crippen LogP contribution in [-0.4, -0.2) is 6.79 Å². The Balaban J connectivity index is 0.000000845. The molecule has 0 saturated carbocycles. The second-order valence-electron chi connectivity index (χ2n) is 2.61. The molecule has 1 aliphatic rings. The average molecular weight is 235 g/mol. The van der Waals surface area contributed by atoms with Crippen LogP contribution >= 0.6 is 24.8 Å². The van der Waals surface area contributed by atoms with Gasteiger partial charge in [-0.2, -0.15) is 0 Å². The number of hydrogen-bond acceptors (Lipinski definition) is 2. The molecular formula is C10H12Cl2O2. The van der Waals surface area contributed by atoms with Gasteiger partial charge in [0.25, 0.3) is 0 Å². The lowest BCUT2D eigenvalue weighted by molar-refractivity contribution is 0.174. The van der Waals surface area contributed by atoms with Crippen molar-refractivity contribution in [1.29, 1.82) is 0 Å². The van der Waals surface area contributed by atoms with Gasteiger partial charge in [-0.15, -0.1) is 24.8 Å². The number of ether oxygens (including phenoxy) is 2. The second kappa shape index (κ2) is 5.78. The summed E-state index contributed by atoms with van der Waals surface area (Å²) in [6.45, 7) is 2.33. The summed E-state index contributed by atoms with van der Waals surface area (Å²) < 4.78 is 10.4. The van der Waals surface area contributed by atoms with Gasteiger partial charge in [0.2, 0.25) is 6.79 Å². The van der Waals surface area contributed by atoms with Crippen molar-refractivity contribution in [2.24, 2.45) is 0 Å². The van der Waals surface area contributed by atoms with Gasteiger partial charge in [-0.05, 0) is 24.6 Å². The standard InChI is InChI=1S/C10H10O2.2ClH/c1-2-3-8-4-5-9-10(6-8)12-7-11-9;;/h2-6H,7H2,1H3;2*1H. The Morgan fingerprint density at radius 1 is 1.14 bits per heavy atom. The van der Waals surface area contributed by atoms with Gasteiger partial charge in [-0.25, -0.2) is 0 Å². The summed E-state index contributed by atoms with van der Waals surface area (Å²) in [6, 6.07) is 5.91. The van der Waals surface area contributed by atoms with Gasteiger partial charge in [0, 0.05) is 0 Å². The molecule has 0 amide bonds. The molecular weight excluding hydrogens is 223 g/mol. The quantitative estimate of drug-likeness (QED) is 0.743. The van der Waals surface area contributed by atoms with E-state index in [-0.39, 0.29) is 24.8 Å². The molecule has 0 bridgehead atoms. The summed E-state index contributed by atoms with van der Waals surface area (Å²) in [5.74, 6) is 1.67. The van der Waals surface area contributed by atoms with Gasteiger partial charge in [0.05, 0.1) is 0 Å². The molecule has 4 heteroatoms.